The molecular weight excluding hydrogens is 171 g/mol. The van der Waals surface area contributed by atoms with E-state index in [1.54, 1.807) is 13.0 Å². The van der Waals surface area contributed by atoms with Crippen LogP contribution in [0.5, 0.6) is 5.75 Å². The average Bonchev–Trinajstić information content (AvgIpc) is 2.11. The fourth-order valence-electron chi connectivity index (χ4n) is 1.14. The van der Waals surface area contributed by atoms with E-state index in [2.05, 4.69) is 0 Å². The van der Waals surface area contributed by atoms with Gasteiger partial charge in [-0.1, -0.05) is 0 Å². The molecule has 1 rings (SSSR count). The van der Waals surface area contributed by atoms with Crippen molar-refractivity contribution >= 4 is 6.29 Å². The minimum Gasteiger partial charge on any atom is -0.496 e. The van der Waals surface area contributed by atoms with E-state index in [4.69, 9.17) is 4.74 Å². The molecule has 0 atom stereocenters. The van der Waals surface area contributed by atoms with Crippen LogP contribution in [-0.4, -0.2) is 13.4 Å². The molecule has 0 unspecified atom stereocenters. The van der Waals surface area contributed by atoms with Crippen LogP contribution < -0.4 is 4.74 Å². The third kappa shape index (κ3) is 2.05. The second kappa shape index (κ2) is 4.03. The maximum absolute atomic E-state index is 13.0. The Kier molecular flexibility index (Phi) is 3.01. The predicted molar refractivity (Wildman–Crippen MR) is 47.5 cm³/mol. The van der Waals surface area contributed by atoms with Crippen LogP contribution in [0.25, 0.3) is 0 Å². The quantitative estimate of drug-likeness (QED) is 0.667. The number of hydrogen-bond donors (Lipinski definition) is 0. The van der Waals surface area contributed by atoms with Crippen molar-refractivity contribution in [3.8, 4) is 5.75 Å². The van der Waals surface area contributed by atoms with Crippen LogP contribution in [0, 0.1) is 12.7 Å². The lowest BCUT2D eigenvalue weighted by atomic mass is 10.1. The number of carbonyl (C=O) groups excluding carboxylic acids is 1. The Hall–Kier alpha value is -1.38. The number of rotatable bonds is 3. The van der Waals surface area contributed by atoms with Crippen LogP contribution in [0.4, 0.5) is 4.39 Å². The summed E-state index contributed by atoms with van der Waals surface area (Å²) in [6.45, 7) is 1.66. The second-order valence-electron chi connectivity index (χ2n) is 2.78. The molecule has 0 radical (unpaired) electrons. The standard InChI is InChI=1S/C10H11FO2/c1-7-5-10(13-2)8(3-4-12)6-9(7)11/h4-6H,3H2,1-2H3. The molecule has 0 aliphatic heterocycles. The maximum Gasteiger partial charge on any atom is 0.126 e. The summed E-state index contributed by atoms with van der Waals surface area (Å²) in [5.41, 5.74) is 1.10. The highest BCUT2D eigenvalue weighted by Crippen LogP contribution is 2.22. The number of ether oxygens (including phenoxy) is 1. The smallest absolute Gasteiger partial charge is 0.126 e. The molecule has 0 saturated carbocycles. The number of aldehydes is 1. The second-order valence-corrected chi connectivity index (χ2v) is 2.78. The average molecular weight is 182 g/mol. The summed E-state index contributed by atoms with van der Waals surface area (Å²) in [5.74, 6) is 0.253. The number of hydrogen-bond acceptors (Lipinski definition) is 2. The fraction of sp³-hybridized carbons (Fsp3) is 0.300. The van der Waals surface area contributed by atoms with E-state index in [0.717, 1.165) is 6.29 Å². The molecule has 0 aliphatic rings. The molecular formula is C10H11FO2. The molecule has 70 valence electrons. The van der Waals surface area contributed by atoms with Crippen molar-refractivity contribution in [2.24, 2.45) is 0 Å². The van der Waals surface area contributed by atoms with Crippen LogP contribution >= 0.6 is 0 Å². The van der Waals surface area contributed by atoms with E-state index in [0.29, 0.717) is 16.9 Å². The Labute approximate surface area is 76.3 Å². The molecule has 0 saturated heterocycles. The van der Waals surface area contributed by atoms with E-state index in [1.165, 1.54) is 13.2 Å². The highest BCUT2D eigenvalue weighted by molar-refractivity contribution is 5.58. The monoisotopic (exact) mass is 182 g/mol. The van der Waals surface area contributed by atoms with Gasteiger partial charge in [-0.05, 0) is 24.6 Å². The lowest BCUT2D eigenvalue weighted by Gasteiger charge is -2.07. The molecule has 0 aromatic heterocycles. The van der Waals surface area contributed by atoms with E-state index in [-0.39, 0.29) is 12.2 Å². The molecule has 3 heteroatoms. The van der Waals surface area contributed by atoms with Crippen molar-refractivity contribution in [2.45, 2.75) is 13.3 Å². The van der Waals surface area contributed by atoms with Crippen LogP contribution in [0.2, 0.25) is 0 Å². The van der Waals surface area contributed by atoms with Gasteiger partial charge in [0, 0.05) is 12.0 Å². The Bertz CT molecular complexity index is 321. The Morgan fingerprint density at radius 1 is 1.54 bits per heavy atom. The normalized spacial score (nSPS) is 9.77. The van der Waals surface area contributed by atoms with Crippen molar-refractivity contribution in [1.82, 2.24) is 0 Å². The molecule has 13 heavy (non-hydrogen) atoms. The van der Waals surface area contributed by atoms with Crippen molar-refractivity contribution in [2.75, 3.05) is 7.11 Å². The summed E-state index contributed by atoms with van der Waals surface area (Å²) in [5, 5.41) is 0. The van der Waals surface area contributed by atoms with Gasteiger partial charge in [0.05, 0.1) is 7.11 Å². The van der Waals surface area contributed by atoms with Crippen molar-refractivity contribution in [3.05, 3.63) is 29.1 Å². The third-order valence-corrected chi connectivity index (χ3v) is 1.86. The van der Waals surface area contributed by atoms with Gasteiger partial charge in [0.2, 0.25) is 0 Å². The molecule has 0 aliphatic carbocycles. The van der Waals surface area contributed by atoms with E-state index < -0.39 is 0 Å². The minimum absolute atomic E-state index is 0.181. The Morgan fingerprint density at radius 2 is 2.23 bits per heavy atom. The summed E-state index contributed by atoms with van der Waals surface area (Å²) in [6.07, 6.45) is 0.910. The molecule has 0 amide bonds. The van der Waals surface area contributed by atoms with Gasteiger partial charge in [-0.15, -0.1) is 0 Å². The predicted octanol–water partition coefficient (Wildman–Crippen LogP) is 1.88. The molecule has 0 N–H and O–H groups in total. The molecule has 2 nitrogen and oxygen atoms in total. The van der Waals surface area contributed by atoms with Crippen LogP contribution in [-0.2, 0) is 11.2 Å². The Morgan fingerprint density at radius 3 is 2.77 bits per heavy atom. The van der Waals surface area contributed by atoms with Gasteiger partial charge in [-0.2, -0.15) is 0 Å². The van der Waals surface area contributed by atoms with Gasteiger partial charge in [-0.3, -0.25) is 0 Å². The molecule has 0 fully saturated rings. The van der Waals surface area contributed by atoms with Crippen LogP contribution in [0.1, 0.15) is 11.1 Å². The molecule has 0 spiro atoms. The number of methoxy groups -OCH3 is 1. The molecule has 0 heterocycles. The first-order chi connectivity index (χ1) is 6.19. The molecule has 1 aromatic carbocycles. The summed E-state index contributed by atoms with van der Waals surface area (Å²) < 4.78 is 18.1. The molecule has 1 aromatic rings. The van der Waals surface area contributed by atoms with E-state index in [1.807, 2.05) is 0 Å². The summed E-state index contributed by atoms with van der Waals surface area (Å²) in [7, 11) is 1.50. The highest BCUT2D eigenvalue weighted by atomic mass is 19.1. The van der Waals surface area contributed by atoms with Crippen LogP contribution in [0.3, 0.4) is 0 Å². The van der Waals surface area contributed by atoms with Gasteiger partial charge >= 0.3 is 0 Å². The summed E-state index contributed by atoms with van der Waals surface area (Å²) >= 11 is 0. The first-order valence-electron chi connectivity index (χ1n) is 3.95. The SMILES string of the molecule is COc1cc(C)c(F)cc1CC=O. The molecule has 0 bridgehead atoms. The summed E-state index contributed by atoms with van der Waals surface area (Å²) in [6, 6.07) is 2.93. The number of aryl methyl sites for hydroxylation is 1. The first kappa shape index (κ1) is 9.71. The van der Waals surface area contributed by atoms with Gasteiger partial charge < -0.3 is 9.53 Å². The topological polar surface area (TPSA) is 26.3 Å². The number of halogens is 1. The largest absolute Gasteiger partial charge is 0.496 e. The zero-order valence-electron chi connectivity index (χ0n) is 7.63. The lowest BCUT2D eigenvalue weighted by molar-refractivity contribution is -0.107. The minimum atomic E-state index is -0.308. The van der Waals surface area contributed by atoms with Crippen molar-refractivity contribution in [3.63, 3.8) is 0 Å². The fourth-order valence-corrected chi connectivity index (χ4v) is 1.14. The zero-order chi connectivity index (χ0) is 9.84. The Balaban J connectivity index is 3.15. The van der Waals surface area contributed by atoms with Crippen LogP contribution in [0.15, 0.2) is 12.1 Å². The number of carbonyl (C=O) groups is 1. The van der Waals surface area contributed by atoms with E-state index in [9.17, 15) is 9.18 Å². The maximum atomic E-state index is 13.0. The lowest BCUT2D eigenvalue weighted by Crippen LogP contribution is -1.96. The zero-order valence-corrected chi connectivity index (χ0v) is 7.63. The third-order valence-electron chi connectivity index (χ3n) is 1.86. The van der Waals surface area contributed by atoms with Gasteiger partial charge in [0.1, 0.15) is 17.9 Å². The van der Waals surface area contributed by atoms with Crippen molar-refractivity contribution < 1.29 is 13.9 Å². The van der Waals surface area contributed by atoms with Gasteiger partial charge in [-0.25, -0.2) is 4.39 Å². The van der Waals surface area contributed by atoms with Gasteiger partial charge in [0.25, 0.3) is 0 Å². The first-order valence-corrected chi connectivity index (χ1v) is 3.95. The number of benzene rings is 1. The highest BCUT2D eigenvalue weighted by Gasteiger charge is 2.06. The summed E-state index contributed by atoms with van der Waals surface area (Å²) in [4.78, 5) is 10.3. The van der Waals surface area contributed by atoms with E-state index >= 15 is 0 Å². The van der Waals surface area contributed by atoms with Gasteiger partial charge in [0.15, 0.2) is 0 Å². The van der Waals surface area contributed by atoms with Crippen molar-refractivity contribution in [1.29, 1.82) is 0 Å².